The third-order valence-corrected chi connectivity index (χ3v) is 2.17. The molecule has 13 heavy (non-hydrogen) atoms. The van der Waals surface area contributed by atoms with E-state index in [9.17, 15) is 15.0 Å². The normalized spacial score (nSPS) is 37.3. The Balaban J connectivity index is 2.45. The maximum Gasteiger partial charge on any atom is 0.254 e. The first-order valence-electron chi connectivity index (χ1n) is 3.69. The topological polar surface area (TPSA) is 120 Å². The number of epoxide rings is 1. The van der Waals surface area contributed by atoms with Crippen molar-refractivity contribution in [2.45, 2.75) is 18.3 Å². The van der Waals surface area contributed by atoms with Gasteiger partial charge in [0.1, 0.15) is 29.6 Å². The molecule has 1 saturated heterocycles. The molecule has 2 rings (SSSR count). The number of hydrogen-bond acceptors (Lipinski definition) is 5. The lowest BCUT2D eigenvalue weighted by molar-refractivity contribution is -0.114. The smallest absolute Gasteiger partial charge is 0.254 e. The van der Waals surface area contributed by atoms with Crippen LogP contribution in [-0.2, 0) is 9.53 Å². The molecule has 5 N–H and O–H groups in total. The first kappa shape index (κ1) is 8.21. The number of ether oxygens (including phenoxy) is 1. The van der Waals surface area contributed by atoms with Crippen molar-refractivity contribution in [3.63, 3.8) is 0 Å². The molecule has 1 heterocycles. The van der Waals surface area contributed by atoms with E-state index in [4.69, 9.17) is 15.9 Å². The molecule has 6 nitrogen and oxygen atoms in total. The molecule has 70 valence electrons. The van der Waals surface area contributed by atoms with E-state index in [1.807, 2.05) is 0 Å². The van der Waals surface area contributed by atoms with Crippen molar-refractivity contribution in [1.29, 1.82) is 5.41 Å². The van der Waals surface area contributed by atoms with Crippen molar-refractivity contribution in [3.8, 4) is 0 Å². The van der Waals surface area contributed by atoms with E-state index in [0.29, 0.717) is 0 Å². The number of fused-ring (bicyclic) bond motifs is 1. The van der Waals surface area contributed by atoms with Gasteiger partial charge in [-0.3, -0.25) is 4.79 Å². The number of nitrogens with two attached hydrogens (primary N) is 1. The van der Waals surface area contributed by atoms with Gasteiger partial charge in [-0.15, -0.1) is 0 Å². The van der Waals surface area contributed by atoms with Crippen LogP contribution in [0.4, 0.5) is 0 Å². The molecule has 6 heteroatoms. The maximum atomic E-state index is 10.8. The van der Waals surface area contributed by atoms with Crippen LogP contribution in [0.1, 0.15) is 0 Å². The summed E-state index contributed by atoms with van der Waals surface area (Å²) in [5, 5.41) is 26.0. The highest BCUT2D eigenvalue weighted by Gasteiger charge is 2.55. The van der Waals surface area contributed by atoms with Crippen molar-refractivity contribution in [3.05, 3.63) is 11.3 Å². The lowest BCUT2D eigenvalue weighted by atomic mass is 9.93. The molecule has 0 radical (unpaired) electrons. The molecule has 3 atom stereocenters. The maximum absolute atomic E-state index is 10.8. The van der Waals surface area contributed by atoms with Gasteiger partial charge in [-0.05, 0) is 0 Å². The molecule has 1 fully saturated rings. The van der Waals surface area contributed by atoms with Gasteiger partial charge in [-0.1, -0.05) is 0 Å². The zero-order valence-corrected chi connectivity index (χ0v) is 6.52. The Morgan fingerprint density at radius 1 is 1.62 bits per heavy atom. The summed E-state index contributed by atoms with van der Waals surface area (Å²) >= 11 is 0. The molecule has 0 aromatic carbocycles. The van der Waals surface area contributed by atoms with Crippen LogP contribution < -0.4 is 5.73 Å². The Morgan fingerprint density at radius 3 is 2.77 bits per heavy atom. The fraction of sp³-hybridized carbons (Fsp3) is 0.429. The fourth-order valence-corrected chi connectivity index (χ4v) is 1.44. The van der Waals surface area contributed by atoms with Gasteiger partial charge in [0.15, 0.2) is 0 Å². The molecule has 1 aliphatic heterocycles. The largest absolute Gasteiger partial charge is 0.509 e. The van der Waals surface area contributed by atoms with E-state index in [1.54, 1.807) is 0 Å². The summed E-state index contributed by atoms with van der Waals surface area (Å²) in [4.78, 5) is 10.8. The number of aliphatic hydroxyl groups excluding tert-OH is 2. The van der Waals surface area contributed by atoms with Crippen LogP contribution in [0.3, 0.4) is 0 Å². The van der Waals surface area contributed by atoms with E-state index in [2.05, 4.69) is 0 Å². The van der Waals surface area contributed by atoms with Crippen LogP contribution in [0.2, 0.25) is 0 Å². The number of rotatable bonds is 1. The minimum absolute atomic E-state index is 0.328. The molecule has 0 aromatic rings. The van der Waals surface area contributed by atoms with Crippen molar-refractivity contribution < 1.29 is 19.7 Å². The highest BCUT2D eigenvalue weighted by molar-refractivity contribution is 6.23. The van der Waals surface area contributed by atoms with Gasteiger partial charge in [0.2, 0.25) is 0 Å². The summed E-state index contributed by atoms with van der Waals surface area (Å²) in [6, 6.07) is 0. The van der Waals surface area contributed by atoms with Gasteiger partial charge in [0, 0.05) is 0 Å². The van der Waals surface area contributed by atoms with Crippen LogP contribution in [0.15, 0.2) is 11.3 Å². The predicted octanol–water partition coefficient (Wildman–Crippen LogP) is -1.55. The molecule has 0 spiro atoms. The molecular weight excluding hydrogens is 176 g/mol. The van der Waals surface area contributed by atoms with Gasteiger partial charge in [0.25, 0.3) is 5.91 Å². The first-order valence-corrected chi connectivity index (χ1v) is 3.69. The van der Waals surface area contributed by atoms with E-state index >= 15 is 0 Å². The highest BCUT2D eigenvalue weighted by Crippen LogP contribution is 2.37. The second kappa shape index (κ2) is 2.30. The van der Waals surface area contributed by atoms with E-state index < -0.39 is 24.2 Å². The summed E-state index contributed by atoms with van der Waals surface area (Å²) in [7, 11) is 0. The third-order valence-electron chi connectivity index (χ3n) is 2.17. The number of amides is 1. The van der Waals surface area contributed by atoms with Gasteiger partial charge in [-0.25, -0.2) is 0 Å². The average molecular weight is 184 g/mol. The summed E-state index contributed by atoms with van der Waals surface area (Å²) < 4.78 is 4.85. The van der Waals surface area contributed by atoms with Crippen LogP contribution >= 0.6 is 0 Å². The van der Waals surface area contributed by atoms with E-state index in [0.717, 1.165) is 0 Å². The lowest BCUT2D eigenvalue weighted by Gasteiger charge is -2.16. The molecule has 0 unspecified atom stereocenters. The van der Waals surface area contributed by atoms with Crippen molar-refractivity contribution in [2.24, 2.45) is 5.73 Å². The second-order valence-electron chi connectivity index (χ2n) is 3.00. The van der Waals surface area contributed by atoms with Gasteiger partial charge >= 0.3 is 0 Å². The quantitative estimate of drug-likeness (QED) is 0.368. The molecule has 1 amide bonds. The minimum atomic E-state index is -1.16. The van der Waals surface area contributed by atoms with Crippen molar-refractivity contribution in [1.82, 2.24) is 0 Å². The second-order valence-corrected chi connectivity index (χ2v) is 3.00. The molecule has 0 bridgehead atoms. The van der Waals surface area contributed by atoms with Crippen LogP contribution in [-0.4, -0.2) is 40.1 Å². The Bertz CT molecular complexity index is 335. The third kappa shape index (κ3) is 0.958. The SMILES string of the molecule is N=C1C(C(N)=O)=C(O)[C@H]2O[C@H]2[C@@H]1O. The Morgan fingerprint density at radius 2 is 2.23 bits per heavy atom. The number of primary amides is 1. The number of carbonyl (C=O) groups excluding carboxylic acids is 1. The van der Waals surface area contributed by atoms with Crippen molar-refractivity contribution >= 4 is 11.6 Å². The first-order chi connectivity index (χ1) is 6.04. The van der Waals surface area contributed by atoms with Gasteiger partial charge in [-0.2, -0.15) is 0 Å². The van der Waals surface area contributed by atoms with Gasteiger partial charge < -0.3 is 26.1 Å². The zero-order valence-electron chi connectivity index (χ0n) is 6.52. The molecule has 2 aliphatic rings. The van der Waals surface area contributed by atoms with E-state index in [1.165, 1.54) is 0 Å². The molecule has 0 saturated carbocycles. The molecular formula is C7H8N2O4. The summed E-state index contributed by atoms with van der Waals surface area (Å²) in [5.74, 6) is -1.26. The van der Waals surface area contributed by atoms with Crippen LogP contribution in [0, 0.1) is 5.41 Å². The average Bonchev–Trinajstić information content (AvgIpc) is 2.79. The Labute approximate surface area is 73.1 Å². The zero-order chi connectivity index (χ0) is 9.75. The Kier molecular flexibility index (Phi) is 1.45. The summed E-state index contributed by atoms with van der Waals surface area (Å²) in [5.41, 5.74) is 4.23. The minimum Gasteiger partial charge on any atom is -0.509 e. The number of hydrogen-bond donors (Lipinski definition) is 4. The molecule has 1 aliphatic carbocycles. The summed E-state index contributed by atoms with van der Waals surface area (Å²) in [6.45, 7) is 0. The highest BCUT2D eigenvalue weighted by atomic mass is 16.6. The molecule has 0 aromatic heterocycles. The number of nitrogens with one attached hydrogen (secondary N) is 1. The van der Waals surface area contributed by atoms with Crippen LogP contribution in [0.5, 0.6) is 0 Å². The summed E-state index contributed by atoms with van der Waals surface area (Å²) in [6.07, 6.45) is -2.41. The van der Waals surface area contributed by atoms with E-state index in [-0.39, 0.29) is 17.0 Å². The van der Waals surface area contributed by atoms with Gasteiger partial charge in [0.05, 0.1) is 5.71 Å². The van der Waals surface area contributed by atoms with Crippen molar-refractivity contribution in [2.75, 3.05) is 0 Å². The Hall–Kier alpha value is -1.40. The monoisotopic (exact) mass is 184 g/mol. The number of carbonyl (C=O) groups is 1. The predicted molar refractivity (Wildman–Crippen MR) is 41.2 cm³/mol. The lowest BCUT2D eigenvalue weighted by Crippen LogP contribution is -2.38. The van der Waals surface area contributed by atoms with Crippen LogP contribution in [0.25, 0.3) is 0 Å². The standard InChI is InChI=1S/C7H8N2O4/c8-2-1(7(9)12)3(10)5-6(13-5)4(2)11/h4-6,8,10-11H,(H2,9,12)/t4-,5-,6+/m1/s1. The number of aliphatic hydroxyl groups is 2. The fourth-order valence-electron chi connectivity index (χ4n) is 1.44.